The third-order valence-corrected chi connectivity index (χ3v) is 3.94. The van der Waals surface area contributed by atoms with E-state index in [2.05, 4.69) is 15.3 Å². The molecule has 0 saturated heterocycles. The van der Waals surface area contributed by atoms with Crippen molar-refractivity contribution >= 4 is 50.5 Å². The van der Waals surface area contributed by atoms with Crippen LogP contribution in [0.3, 0.4) is 0 Å². The molecule has 0 bridgehead atoms. The number of hydrogen-bond donors (Lipinski definition) is 2. The Hall–Kier alpha value is -2.18. The molecule has 2 aromatic heterocycles. The molecule has 1 aromatic carbocycles. The molecule has 100 valence electrons. The number of nitrogens with one attached hydrogen (secondary N) is 1. The zero-order chi connectivity index (χ0) is 14.1. The van der Waals surface area contributed by atoms with Gasteiger partial charge in [0.25, 0.3) is 0 Å². The normalized spacial score (nSPS) is 10.7. The molecule has 0 atom stereocenters. The maximum Gasteiger partial charge on any atom is 0.345 e. The summed E-state index contributed by atoms with van der Waals surface area (Å²) in [6.07, 6.45) is 1.37. The quantitative estimate of drug-likeness (QED) is 0.720. The van der Waals surface area contributed by atoms with Crippen molar-refractivity contribution in [2.24, 2.45) is 0 Å². The summed E-state index contributed by atoms with van der Waals surface area (Å²) in [5.41, 5.74) is 0.807. The minimum atomic E-state index is -0.914. The first-order valence-corrected chi connectivity index (χ1v) is 6.83. The molecule has 7 heteroatoms. The summed E-state index contributed by atoms with van der Waals surface area (Å²) in [6, 6.07) is 8.87. The topological polar surface area (TPSA) is 75.1 Å². The van der Waals surface area contributed by atoms with Crippen LogP contribution in [0.4, 0.5) is 11.5 Å². The molecule has 0 fully saturated rings. The first-order valence-electron chi connectivity index (χ1n) is 5.63. The molecule has 5 nitrogen and oxygen atoms in total. The number of benzene rings is 1. The summed E-state index contributed by atoms with van der Waals surface area (Å²) >= 11 is 7.04. The highest BCUT2D eigenvalue weighted by atomic mass is 35.5. The van der Waals surface area contributed by atoms with Gasteiger partial charge in [-0.1, -0.05) is 11.6 Å². The van der Waals surface area contributed by atoms with Crippen LogP contribution in [0.2, 0.25) is 5.15 Å². The lowest BCUT2D eigenvalue weighted by Gasteiger charge is -2.05. The van der Waals surface area contributed by atoms with E-state index in [9.17, 15) is 4.79 Å². The van der Waals surface area contributed by atoms with Gasteiger partial charge in [-0.15, -0.1) is 11.3 Å². The van der Waals surface area contributed by atoms with E-state index in [0.29, 0.717) is 15.8 Å². The van der Waals surface area contributed by atoms with Gasteiger partial charge in [0.1, 0.15) is 22.2 Å². The number of nitrogens with zero attached hydrogens (tertiary/aromatic N) is 2. The summed E-state index contributed by atoms with van der Waals surface area (Å²) in [5.74, 6) is -0.332. The smallest absolute Gasteiger partial charge is 0.345 e. The molecule has 0 unspecified atom stereocenters. The number of fused-ring (bicyclic) bond motifs is 1. The van der Waals surface area contributed by atoms with Gasteiger partial charge < -0.3 is 10.4 Å². The minimum Gasteiger partial charge on any atom is -0.477 e. The molecule has 2 N–H and O–H groups in total. The number of rotatable bonds is 3. The molecule has 0 spiro atoms. The molecular formula is C13H8ClN3O2S. The summed E-state index contributed by atoms with van der Waals surface area (Å²) < 4.78 is 0.925. The zero-order valence-corrected chi connectivity index (χ0v) is 11.6. The molecule has 3 rings (SSSR count). The summed E-state index contributed by atoms with van der Waals surface area (Å²) in [5, 5.41) is 13.3. The van der Waals surface area contributed by atoms with Gasteiger partial charge in [-0.3, -0.25) is 0 Å². The van der Waals surface area contributed by atoms with Crippen LogP contribution in [0.5, 0.6) is 0 Å². The Labute approximate surface area is 122 Å². The first-order chi connectivity index (χ1) is 9.61. The number of halogens is 1. The van der Waals surface area contributed by atoms with Crippen LogP contribution in [0.15, 0.2) is 36.7 Å². The highest BCUT2D eigenvalue weighted by molar-refractivity contribution is 7.20. The van der Waals surface area contributed by atoms with Gasteiger partial charge in [0, 0.05) is 16.5 Å². The van der Waals surface area contributed by atoms with Gasteiger partial charge in [0.2, 0.25) is 0 Å². The van der Waals surface area contributed by atoms with Crippen molar-refractivity contribution in [3.05, 3.63) is 46.7 Å². The van der Waals surface area contributed by atoms with Crippen molar-refractivity contribution in [2.45, 2.75) is 0 Å². The molecule has 0 saturated carbocycles. The average molecular weight is 306 g/mol. The lowest BCUT2D eigenvalue weighted by molar-refractivity contribution is 0.0702. The number of aromatic nitrogens is 2. The van der Waals surface area contributed by atoms with E-state index < -0.39 is 5.97 Å². The van der Waals surface area contributed by atoms with E-state index in [-0.39, 0.29) is 0 Å². The maximum atomic E-state index is 10.9. The van der Waals surface area contributed by atoms with Gasteiger partial charge in [-0.2, -0.15) is 0 Å². The second kappa shape index (κ2) is 5.07. The molecule has 0 aliphatic rings. The van der Waals surface area contributed by atoms with E-state index >= 15 is 0 Å². The molecule has 0 aliphatic carbocycles. The number of thiophene rings is 1. The van der Waals surface area contributed by atoms with E-state index in [4.69, 9.17) is 16.7 Å². The molecule has 20 heavy (non-hydrogen) atoms. The van der Waals surface area contributed by atoms with Crippen molar-refractivity contribution in [3.8, 4) is 0 Å². The molecular weight excluding hydrogens is 298 g/mol. The fraction of sp³-hybridized carbons (Fsp3) is 0. The lowest BCUT2D eigenvalue weighted by Crippen LogP contribution is -1.93. The van der Waals surface area contributed by atoms with E-state index in [0.717, 1.165) is 15.8 Å². The van der Waals surface area contributed by atoms with Crippen LogP contribution >= 0.6 is 22.9 Å². The monoisotopic (exact) mass is 305 g/mol. The Morgan fingerprint density at radius 1 is 1.25 bits per heavy atom. The van der Waals surface area contributed by atoms with E-state index in [1.807, 2.05) is 18.2 Å². The third-order valence-electron chi connectivity index (χ3n) is 2.63. The maximum absolute atomic E-state index is 10.9. The Balaban J connectivity index is 1.94. The highest BCUT2D eigenvalue weighted by Crippen LogP contribution is 2.29. The lowest BCUT2D eigenvalue weighted by atomic mass is 10.2. The molecule has 0 aliphatic heterocycles. The minimum absolute atomic E-state index is 0.322. The van der Waals surface area contributed by atoms with E-state index in [1.165, 1.54) is 17.7 Å². The summed E-state index contributed by atoms with van der Waals surface area (Å²) in [4.78, 5) is 19.1. The second-order valence-electron chi connectivity index (χ2n) is 4.02. The highest BCUT2D eigenvalue weighted by Gasteiger charge is 2.08. The van der Waals surface area contributed by atoms with Crippen molar-refractivity contribution in [2.75, 3.05) is 5.32 Å². The SMILES string of the molecule is O=C(O)c1cc2cc(Nc3cc(Cl)ncn3)ccc2s1. The average Bonchev–Trinajstić information content (AvgIpc) is 2.82. The van der Waals surface area contributed by atoms with Gasteiger partial charge in [-0.25, -0.2) is 14.8 Å². The molecule has 0 radical (unpaired) electrons. The van der Waals surface area contributed by atoms with Crippen LogP contribution < -0.4 is 5.32 Å². The van der Waals surface area contributed by atoms with Gasteiger partial charge >= 0.3 is 5.97 Å². The van der Waals surface area contributed by atoms with Gasteiger partial charge in [0.05, 0.1) is 0 Å². The fourth-order valence-corrected chi connectivity index (χ4v) is 2.81. The Kier molecular flexibility index (Phi) is 3.25. The van der Waals surface area contributed by atoms with E-state index in [1.54, 1.807) is 12.1 Å². The Morgan fingerprint density at radius 2 is 2.10 bits per heavy atom. The van der Waals surface area contributed by atoms with Crippen molar-refractivity contribution in [1.82, 2.24) is 9.97 Å². The Morgan fingerprint density at radius 3 is 2.85 bits per heavy atom. The summed E-state index contributed by atoms with van der Waals surface area (Å²) in [7, 11) is 0. The van der Waals surface area contributed by atoms with Crippen LogP contribution in [0.25, 0.3) is 10.1 Å². The zero-order valence-electron chi connectivity index (χ0n) is 10.0. The number of carboxylic acids is 1. The molecule has 0 amide bonds. The van der Waals surface area contributed by atoms with Crippen LogP contribution in [0, 0.1) is 0 Å². The van der Waals surface area contributed by atoms with Crippen LogP contribution in [-0.2, 0) is 0 Å². The third kappa shape index (κ3) is 2.56. The Bertz CT molecular complexity index is 803. The van der Waals surface area contributed by atoms with Crippen LogP contribution in [0.1, 0.15) is 9.67 Å². The second-order valence-corrected chi connectivity index (χ2v) is 5.49. The fourth-order valence-electron chi connectivity index (χ4n) is 1.78. The summed E-state index contributed by atoms with van der Waals surface area (Å²) in [6.45, 7) is 0. The van der Waals surface area contributed by atoms with Gasteiger partial charge in [-0.05, 0) is 29.7 Å². The number of carbonyl (C=O) groups is 1. The van der Waals surface area contributed by atoms with Crippen molar-refractivity contribution < 1.29 is 9.90 Å². The number of anilines is 2. The van der Waals surface area contributed by atoms with Crippen LogP contribution in [-0.4, -0.2) is 21.0 Å². The largest absolute Gasteiger partial charge is 0.477 e. The van der Waals surface area contributed by atoms with Crippen molar-refractivity contribution in [1.29, 1.82) is 0 Å². The standard InChI is InChI=1S/C13H8ClN3O2S/c14-11-5-12(16-6-15-11)17-8-1-2-9-7(3-8)4-10(20-9)13(18)19/h1-6H,(H,18,19)(H,15,16,17). The number of carboxylic acid groups (broad SMARTS) is 1. The van der Waals surface area contributed by atoms with Crippen molar-refractivity contribution in [3.63, 3.8) is 0 Å². The first kappa shape index (κ1) is 12.8. The molecule has 3 aromatic rings. The van der Waals surface area contributed by atoms with Gasteiger partial charge in [0.15, 0.2) is 0 Å². The number of aromatic carboxylic acids is 1. The predicted molar refractivity (Wildman–Crippen MR) is 79.1 cm³/mol. The molecule has 2 heterocycles. The number of hydrogen-bond acceptors (Lipinski definition) is 5. The predicted octanol–water partition coefficient (Wildman–Crippen LogP) is 3.79.